The van der Waals surface area contributed by atoms with Gasteiger partial charge >= 0.3 is 0 Å². The van der Waals surface area contributed by atoms with Crippen LogP contribution in [0.2, 0.25) is 0 Å². The van der Waals surface area contributed by atoms with Crippen molar-refractivity contribution in [3.8, 4) is 11.8 Å². The number of aliphatic hydroxyl groups excluding tert-OH is 1. The molecule has 0 bridgehead atoms. The molecule has 0 spiro atoms. The number of ether oxygens (including phenoxy) is 1. The monoisotopic (exact) mass is 177 g/mol. The van der Waals surface area contributed by atoms with Crippen LogP contribution >= 0.6 is 0 Å². The predicted octanol–water partition coefficient (Wildman–Crippen LogP) is 1.56. The van der Waals surface area contributed by atoms with Crippen LogP contribution in [-0.2, 0) is 0 Å². The van der Waals surface area contributed by atoms with Crippen LogP contribution in [0.25, 0.3) is 0 Å². The van der Waals surface area contributed by atoms with E-state index in [4.69, 9.17) is 10.00 Å². The number of aryl methyl sites for hydroxylation is 1. The van der Waals surface area contributed by atoms with Gasteiger partial charge in [-0.1, -0.05) is 12.1 Å². The number of nitrogens with zero attached hydrogens (tertiary/aromatic N) is 1. The second-order valence-corrected chi connectivity index (χ2v) is 2.78. The van der Waals surface area contributed by atoms with Gasteiger partial charge < -0.3 is 9.84 Å². The first-order valence-corrected chi connectivity index (χ1v) is 3.91. The highest BCUT2D eigenvalue weighted by molar-refractivity contribution is 5.40. The highest BCUT2D eigenvalue weighted by Gasteiger charge is 2.11. The SMILES string of the molecule is COc1cc(C)ccc1C(O)C#N. The van der Waals surface area contributed by atoms with Crippen molar-refractivity contribution >= 4 is 0 Å². The number of methoxy groups -OCH3 is 1. The molecular weight excluding hydrogens is 166 g/mol. The Bertz CT molecular complexity index is 341. The van der Waals surface area contributed by atoms with E-state index in [9.17, 15) is 5.11 Å². The van der Waals surface area contributed by atoms with E-state index in [0.717, 1.165) is 5.56 Å². The topological polar surface area (TPSA) is 53.2 Å². The Balaban J connectivity index is 3.15. The number of rotatable bonds is 2. The number of hydrogen-bond donors (Lipinski definition) is 1. The number of aliphatic hydroxyl groups is 1. The summed E-state index contributed by atoms with van der Waals surface area (Å²) in [4.78, 5) is 0. The van der Waals surface area contributed by atoms with Crippen molar-refractivity contribution in [2.75, 3.05) is 7.11 Å². The van der Waals surface area contributed by atoms with Gasteiger partial charge in [0.2, 0.25) is 0 Å². The van der Waals surface area contributed by atoms with Crippen LogP contribution in [0, 0.1) is 18.3 Å². The van der Waals surface area contributed by atoms with Gasteiger partial charge in [-0.15, -0.1) is 0 Å². The van der Waals surface area contributed by atoms with Gasteiger partial charge in [0.15, 0.2) is 6.10 Å². The summed E-state index contributed by atoms with van der Waals surface area (Å²) in [7, 11) is 1.52. The van der Waals surface area contributed by atoms with Crippen LogP contribution < -0.4 is 4.74 Å². The Morgan fingerprint density at radius 1 is 1.54 bits per heavy atom. The molecular formula is C10H11NO2. The van der Waals surface area contributed by atoms with Gasteiger partial charge in [0.1, 0.15) is 5.75 Å². The fraction of sp³-hybridized carbons (Fsp3) is 0.300. The molecule has 0 saturated carbocycles. The highest BCUT2D eigenvalue weighted by Crippen LogP contribution is 2.25. The lowest BCUT2D eigenvalue weighted by Crippen LogP contribution is -1.98. The van der Waals surface area contributed by atoms with Gasteiger partial charge in [0, 0.05) is 5.56 Å². The fourth-order valence-corrected chi connectivity index (χ4v) is 1.11. The Kier molecular flexibility index (Phi) is 2.88. The van der Waals surface area contributed by atoms with Crippen LogP contribution in [0.5, 0.6) is 5.75 Å². The molecule has 0 fully saturated rings. The molecule has 0 aliphatic heterocycles. The van der Waals surface area contributed by atoms with E-state index in [-0.39, 0.29) is 0 Å². The minimum atomic E-state index is -1.12. The zero-order valence-corrected chi connectivity index (χ0v) is 7.61. The second-order valence-electron chi connectivity index (χ2n) is 2.78. The fourth-order valence-electron chi connectivity index (χ4n) is 1.11. The van der Waals surface area contributed by atoms with Crippen molar-refractivity contribution in [2.45, 2.75) is 13.0 Å². The molecule has 3 nitrogen and oxygen atoms in total. The van der Waals surface area contributed by atoms with E-state index in [0.29, 0.717) is 11.3 Å². The summed E-state index contributed by atoms with van der Waals surface area (Å²) >= 11 is 0. The van der Waals surface area contributed by atoms with Gasteiger partial charge in [-0.05, 0) is 18.6 Å². The Labute approximate surface area is 77.2 Å². The van der Waals surface area contributed by atoms with Gasteiger partial charge in [-0.3, -0.25) is 0 Å². The molecule has 1 rings (SSSR count). The normalized spacial score (nSPS) is 11.8. The third-order valence-corrected chi connectivity index (χ3v) is 1.81. The van der Waals surface area contributed by atoms with Crippen molar-refractivity contribution in [1.29, 1.82) is 5.26 Å². The Hall–Kier alpha value is -1.53. The van der Waals surface area contributed by atoms with Crippen LogP contribution in [0.4, 0.5) is 0 Å². The maximum Gasteiger partial charge on any atom is 0.169 e. The van der Waals surface area contributed by atoms with E-state index in [2.05, 4.69) is 0 Å². The van der Waals surface area contributed by atoms with E-state index >= 15 is 0 Å². The molecule has 0 amide bonds. The summed E-state index contributed by atoms with van der Waals surface area (Å²) in [5, 5.41) is 17.8. The minimum Gasteiger partial charge on any atom is -0.496 e. The molecule has 68 valence electrons. The lowest BCUT2D eigenvalue weighted by Gasteiger charge is -2.09. The zero-order valence-electron chi connectivity index (χ0n) is 7.61. The van der Waals surface area contributed by atoms with Crippen molar-refractivity contribution in [1.82, 2.24) is 0 Å². The van der Waals surface area contributed by atoms with Crippen molar-refractivity contribution in [2.24, 2.45) is 0 Å². The molecule has 1 aromatic rings. The summed E-state index contributed by atoms with van der Waals surface area (Å²) < 4.78 is 5.04. The largest absolute Gasteiger partial charge is 0.496 e. The first kappa shape index (κ1) is 9.56. The van der Waals surface area contributed by atoms with E-state index in [1.807, 2.05) is 13.0 Å². The summed E-state index contributed by atoms with van der Waals surface area (Å²) in [5.41, 5.74) is 1.54. The summed E-state index contributed by atoms with van der Waals surface area (Å²) in [6, 6.07) is 7.07. The van der Waals surface area contributed by atoms with Gasteiger partial charge in [0.25, 0.3) is 0 Å². The third-order valence-electron chi connectivity index (χ3n) is 1.81. The smallest absolute Gasteiger partial charge is 0.169 e. The molecule has 0 heterocycles. The van der Waals surface area contributed by atoms with Crippen LogP contribution in [-0.4, -0.2) is 12.2 Å². The average Bonchev–Trinajstić information content (AvgIpc) is 2.16. The predicted molar refractivity (Wildman–Crippen MR) is 48.3 cm³/mol. The number of benzene rings is 1. The molecule has 0 saturated heterocycles. The minimum absolute atomic E-state index is 0.510. The molecule has 13 heavy (non-hydrogen) atoms. The van der Waals surface area contributed by atoms with Gasteiger partial charge in [0.05, 0.1) is 13.2 Å². The lowest BCUT2D eigenvalue weighted by atomic mass is 10.1. The molecule has 0 radical (unpaired) electrons. The quantitative estimate of drug-likeness (QED) is 0.697. The van der Waals surface area contributed by atoms with Crippen molar-refractivity contribution in [3.05, 3.63) is 29.3 Å². The lowest BCUT2D eigenvalue weighted by molar-refractivity contribution is 0.230. The summed E-state index contributed by atoms with van der Waals surface area (Å²) in [5.74, 6) is 0.550. The Morgan fingerprint density at radius 2 is 2.23 bits per heavy atom. The summed E-state index contributed by atoms with van der Waals surface area (Å²) in [6.45, 7) is 1.92. The molecule has 3 heteroatoms. The Morgan fingerprint density at radius 3 is 2.77 bits per heavy atom. The molecule has 1 N–H and O–H groups in total. The first-order chi connectivity index (χ1) is 6.19. The zero-order chi connectivity index (χ0) is 9.84. The van der Waals surface area contributed by atoms with Crippen molar-refractivity contribution in [3.63, 3.8) is 0 Å². The maximum atomic E-state index is 9.29. The van der Waals surface area contributed by atoms with E-state index in [1.165, 1.54) is 7.11 Å². The maximum absolute atomic E-state index is 9.29. The average molecular weight is 177 g/mol. The van der Waals surface area contributed by atoms with Crippen molar-refractivity contribution < 1.29 is 9.84 Å². The molecule has 1 aromatic carbocycles. The molecule has 0 aromatic heterocycles. The van der Waals surface area contributed by atoms with Crippen LogP contribution in [0.3, 0.4) is 0 Å². The third kappa shape index (κ3) is 1.98. The molecule has 1 unspecified atom stereocenters. The first-order valence-electron chi connectivity index (χ1n) is 3.91. The standard InChI is InChI=1S/C10H11NO2/c1-7-3-4-8(9(12)6-11)10(5-7)13-2/h3-5,9,12H,1-2H3. The number of nitriles is 1. The molecule has 0 aliphatic rings. The molecule has 1 atom stereocenters. The van der Waals surface area contributed by atoms with Gasteiger partial charge in [-0.2, -0.15) is 5.26 Å². The molecule has 0 aliphatic carbocycles. The van der Waals surface area contributed by atoms with E-state index in [1.54, 1.807) is 18.2 Å². The highest BCUT2D eigenvalue weighted by atomic mass is 16.5. The second kappa shape index (κ2) is 3.92. The number of hydrogen-bond acceptors (Lipinski definition) is 3. The van der Waals surface area contributed by atoms with Crippen LogP contribution in [0.1, 0.15) is 17.2 Å². The van der Waals surface area contributed by atoms with Crippen LogP contribution in [0.15, 0.2) is 18.2 Å². The summed E-state index contributed by atoms with van der Waals surface area (Å²) in [6.07, 6.45) is -1.12. The van der Waals surface area contributed by atoms with Gasteiger partial charge in [-0.25, -0.2) is 0 Å². The van der Waals surface area contributed by atoms with E-state index < -0.39 is 6.10 Å².